The molecule has 0 aliphatic carbocycles. The zero-order valence-electron chi connectivity index (χ0n) is 8.04. The van der Waals surface area contributed by atoms with E-state index in [1.54, 1.807) is 0 Å². The van der Waals surface area contributed by atoms with E-state index in [9.17, 15) is 4.79 Å². The number of hydrogen-bond acceptors (Lipinski definition) is 4. The molecule has 0 aromatic rings. The van der Waals surface area contributed by atoms with Crippen molar-refractivity contribution < 1.29 is 14.3 Å². The van der Waals surface area contributed by atoms with Gasteiger partial charge >= 0.3 is 5.97 Å². The first-order chi connectivity index (χ1) is 6.33. The van der Waals surface area contributed by atoms with Gasteiger partial charge in [0.2, 0.25) is 0 Å². The maximum atomic E-state index is 10.7. The lowest BCUT2D eigenvalue weighted by atomic mass is 10.1. The summed E-state index contributed by atoms with van der Waals surface area (Å²) >= 11 is 0. The molecule has 0 radical (unpaired) electrons. The molecule has 1 atom stereocenters. The highest BCUT2D eigenvalue weighted by Crippen LogP contribution is 2.14. The average Bonchev–Trinajstić information content (AvgIpc) is 2.64. The van der Waals surface area contributed by atoms with Crippen molar-refractivity contribution in [1.29, 1.82) is 0 Å². The molecule has 13 heavy (non-hydrogen) atoms. The summed E-state index contributed by atoms with van der Waals surface area (Å²) in [7, 11) is 1.40. The van der Waals surface area contributed by atoms with Crippen LogP contribution in [0.4, 0.5) is 0 Å². The van der Waals surface area contributed by atoms with Gasteiger partial charge in [0, 0.05) is 13.2 Å². The van der Waals surface area contributed by atoms with E-state index < -0.39 is 0 Å². The second-order valence-corrected chi connectivity index (χ2v) is 3.27. The van der Waals surface area contributed by atoms with Crippen LogP contribution in [0.15, 0.2) is 0 Å². The molecule has 1 aliphatic heterocycles. The van der Waals surface area contributed by atoms with Gasteiger partial charge in [-0.3, -0.25) is 4.79 Å². The standard InChI is InChI=1S/C9H17NO3/c1-12-9(11)6-10-4-2-8-3-5-13-7-8/h8,10H,2-7H2,1H3. The first kappa shape index (κ1) is 10.5. The summed E-state index contributed by atoms with van der Waals surface area (Å²) < 4.78 is 9.73. The summed E-state index contributed by atoms with van der Waals surface area (Å²) in [5, 5.41) is 3.03. The normalized spacial score (nSPS) is 21.8. The van der Waals surface area contributed by atoms with E-state index in [1.165, 1.54) is 7.11 Å². The fourth-order valence-corrected chi connectivity index (χ4v) is 1.38. The summed E-state index contributed by atoms with van der Waals surface area (Å²) in [6, 6.07) is 0. The van der Waals surface area contributed by atoms with E-state index in [2.05, 4.69) is 10.1 Å². The minimum absolute atomic E-state index is 0.206. The summed E-state index contributed by atoms with van der Waals surface area (Å²) in [4.78, 5) is 10.7. The largest absolute Gasteiger partial charge is 0.468 e. The molecule has 1 fully saturated rings. The van der Waals surface area contributed by atoms with Crippen molar-refractivity contribution in [3.05, 3.63) is 0 Å². The van der Waals surface area contributed by atoms with Crippen LogP contribution in [-0.2, 0) is 14.3 Å². The second kappa shape index (κ2) is 5.94. The van der Waals surface area contributed by atoms with E-state index in [4.69, 9.17) is 4.74 Å². The number of hydrogen-bond donors (Lipinski definition) is 1. The van der Waals surface area contributed by atoms with E-state index in [0.29, 0.717) is 12.5 Å². The van der Waals surface area contributed by atoms with Crippen LogP contribution in [0.5, 0.6) is 0 Å². The van der Waals surface area contributed by atoms with Crippen LogP contribution in [0, 0.1) is 5.92 Å². The van der Waals surface area contributed by atoms with E-state index in [0.717, 1.165) is 32.6 Å². The molecule has 0 aromatic carbocycles. The molecular formula is C9H17NO3. The molecule has 0 spiro atoms. The van der Waals surface area contributed by atoms with Crippen LogP contribution < -0.4 is 5.32 Å². The molecule has 1 saturated heterocycles. The average molecular weight is 187 g/mol. The molecule has 0 aromatic heterocycles. The summed E-state index contributed by atoms with van der Waals surface area (Å²) in [5.41, 5.74) is 0. The first-order valence-electron chi connectivity index (χ1n) is 4.68. The van der Waals surface area contributed by atoms with Crippen molar-refractivity contribution in [3.8, 4) is 0 Å². The van der Waals surface area contributed by atoms with Crippen molar-refractivity contribution in [2.75, 3.05) is 33.4 Å². The highest BCUT2D eigenvalue weighted by atomic mass is 16.5. The Bertz CT molecular complexity index is 155. The Balaban J connectivity index is 1.91. The van der Waals surface area contributed by atoms with Crippen molar-refractivity contribution in [2.24, 2.45) is 5.92 Å². The Labute approximate surface area is 78.6 Å². The number of nitrogens with one attached hydrogen (secondary N) is 1. The number of esters is 1. The van der Waals surface area contributed by atoms with Crippen LogP contribution in [0.3, 0.4) is 0 Å². The van der Waals surface area contributed by atoms with Gasteiger partial charge in [-0.15, -0.1) is 0 Å². The zero-order chi connectivity index (χ0) is 9.52. The lowest BCUT2D eigenvalue weighted by Gasteiger charge is -2.07. The molecule has 1 heterocycles. The number of carbonyl (C=O) groups excluding carboxylic acids is 1. The van der Waals surface area contributed by atoms with Crippen molar-refractivity contribution in [3.63, 3.8) is 0 Å². The van der Waals surface area contributed by atoms with Crippen molar-refractivity contribution in [2.45, 2.75) is 12.8 Å². The monoisotopic (exact) mass is 187 g/mol. The molecule has 1 unspecified atom stereocenters. The third kappa shape index (κ3) is 4.24. The Kier molecular flexibility index (Phi) is 4.78. The van der Waals surface area contributed by atoms with Crippen molar-refractivity contribution in [1.82, 2.24) is 5.32 Å². The van der Waals surface area contributed by atoms with E-state index in [1.807, 2.05) is 0 Å². The van der Waals surface area contributed by atoms with E-state index >= 15 is 0 Å². The third-order valence-corrected chi connectivity index (χ3v) is 2.25. The zero-order valence-corrected chi connectivity index (χ0v) is 8.04. The van der Waals surface area contributed by atoms with Gasteiger partial charge in [0.15, 0.2) is 0 Å². The molecule has 0 saturated carbocycles. The number of methoxy groups -OCH3 is 1. The number of ether oxygens (including phenoxy) is 2. The summed E-state index contributed by atoms with van der Waals surface area (Å²) in [6.45, 7) is 2.94. The van der Waals surface area contributed by atoms with Crippen molar-refractivity contribution >= 4 is 5.97 Å². The Morgan fingerprint density at radius 2 is 2.54 bits per heavy atom. The van der Waals surface area contributed by atoms with Gasteiger partial charge in [0.05, 0.1) is 13.7 Å². The van der Waals surface area contributed by atoms with Crippen LogP contribution in [0.25, 0.3) is 0 Å². The quantitative estimate of drug-likeness (QED) is 0.492. The van der Waals surface area contributed by atoms with Crippen LogP contribution in [0.1, 0.15) is 12.8 Å². The number of carbonyl (C=O) groups is 1. The fraction of sp³-hybridized carbons (Fsp3) is 0.889. The minimum atomic E-state index is -0.206. The van der Waals surface area contributed by atoms with E-state index in [-0.39, 0.29) is 5.97 Å². The smallest absolute Gasteiger partial charge is 0.319 e. The fourth-order valence-electron chi connectivity index (χ4n) is 1.38. The van der Waals surface area contributed by atoms with Gasteiger partial charge in [0.25, 0.3) is 0 Å². The third-order valence-electron chi connectivity index (χ3n) is 2.25. The topological polar surface area (TPSA) is 47.6 Å². The molecule has 1 rings (SSSR count). The molecule has 1 N–H and O–H groups in total. The Morgan fingerprint density at radius 1 is 1.69 bits per heavy atom. The van der Waals surface area contributed by atoms with Gasteiger partial charge in [0.1, 0.15) is 0 Å². The van der Waals surface area contributed by atoms with Gasteiger partial charge in [-0.2, -0.15) is 0 Å². The van der Waals surface area contributed by atoms with Crippen LogP contribution >= 0.6 is 0 Å². The maximum absolute atomic E-state index is 10.7. The molecule has 0 bridgehead atoms. The molecule has 4 nitrogen and oxygen atoms in total. The lowest BCUT2D eigenvalue weighted by molar-refractivity contribution is -0.139. The van der Waals surface area contributed by atoms with Gasteiger partial charge < -0.3 is 14.8 Å². The summed E-state index contributed by atoms with van der Waals surface area (Å²) in [5.74, 6) is 0.466. The van der Waals surface area contributed by atoms with Gasteiger partial charge in [-0.25, -0.2) is 0 Å². The maximum Gasteiger partial charge on any atom is 0.319 e. The first-order valence-corrected chi connectivity index (χ1v) is 4.68. The number of rotatable bonds is 5. The lowest BCUT2D eigenvalue weighted by Crippen LogP contribution is -2.26. The predicted octanol–water partition coefficient (Wildman–Crippen LogP) is 0.176. The highest BCUT2D eigenvalue weighted by molar-refractivity contribution is 5.71. The summed E-state index contributed by atoms with van der Waals surface area (Å²) in [6.07, 6.45) is 2.23. The highest BCUT2D eigenvalue weighted by Gasteiger charge is 2.14. The molecular weight excluding hydrogens is 170 g/mol. The SMILES string of the molecule is COC(=O)CNCCC1CCOC1. The van der Waals surface area contributed by atoms with Gasteiger partial charge in [-0.1, -0.05) is 0 Å². The molecule has 1 aliphatic rings. The minimum Gasteiger partial charge on any atom is -0.468 e. The van der Waals surface area contributed by atoms with Crippen LogP contribution in [-0.4, -0.2) is 39.4 Å². The predicted molar refractivity (Wildman–Crippen MR) is 48.4 cm³/mol. The molecule has 0 amide bonds. The Morgan fingerprint density at radius 3 is 3.15 bits per heavy atom. The second-order valence-electron chi connectivity index (χ2n) is 3.27. The van der Waals surface area contributed by atoms with Crippen LogP contribution in [0.2, 0.25) is 0 Å². The molecule has 4 heteroatoms. The molecule has 76 valence electrons. The Hall–Kier alpha value is -0.610. The van der Waals surface area contributed by atoms with Gasteiger partial charge in [-0.05, 0) is 25.3 Å².